The van der Waals surface area contributed by atoms with Crippen molar-refractivity contribution in [3.63, 3.8) is 0 Å². The lowest BCUT2D eigenvalue weighted by Crippen LogP contribution is -2.48. The number of methoxy groups -OCH3 is 1. The standard InChI is InChI=1S/C14H24N2O2/c1-14(2,11-15)16(3)9-10-18-13-8-6-5-7-12(13)17-4/h5-8H,9-11,15H2,1-4H3. The molecule has 0 fully saturated rings. The molecule has 1 aromatic carbocycles. The predicted molar refractivity (Wildman–Crippen MR) is 74.3 cm³/mol. The van der Waals surface area contributed by atoms with Crippen molar-refractivity contribution in [1.82, 2.24) is 4.90 Å². The predicted octanol–water partition coefficient (Wildman–Crippen LogP) is 1.74. The molecule has 0 bridgehead atoms. The fraction of sp³-hybridized carbons (Fsp3) is 0.571. The second-order valence-electron chi connectivity index (χ2n) is 4.94. The summed E-state index contributed by atoms with van der Waals surface area (Å²) in [6, 6.07) is 7.66. The molecular formula is C14H24N2O2. The number of benzene rings is 1. The van der Waals surface area contributed by atoms with Crippen LogP contribution in [0.15, 0.2) is 24.3 Å². The van der Waals surface area contributed by atoms with Gasteiger partial charge in [-0.05, 0) is 33.0 Å². The molecule has 2 N–H and O–H groups in total. The Balaban J connectivity index is 2.47. The summed E-state index contributed by atoms with van der Waals surface area (Å²) in [6.07, 6.45) is 0. The summed E-state index contributed by atoms with van der Waals surface area (Å²) in [5.74, 6) is 1.54. The van der Waals surface area contributed by atoms with Crippen LogP contribution in [0.3, 0.4) is 0 Å². The van der Waals surface area contributed by atoms with E-state index in [1.165, 1.54) is 0 Å². The van der Waals surface area contributed by atoms with E-state index in [2.05, 4.69) is 25.8 Å². The molecular weight excluding hydrogens is 228 g/mol. The van der Waals surface area contributed by atoms with Gasteiger partial charge in [-0.15, -0.1) is 0 Å². The van der Waals surface area contributed by atoms with Crippen molar-refractivity contribution in [1.29, 1.82) is 0 Å². The lowest BCUT2D eigenvalue weighted by molar-refractivity contribution is 0.134. The molecule has 0 aliphatic heterocycles. The van der Waals surface area contributed by atoms with Crippen LogP contribution in [0, 0.1) is 0 Å². The fourth-order valence-electron chi connectivity index (χ4n) is 1.49. The molecule has 0 atom stereocenters. The molecule has 0 saturated carbocycles. The fourth-order valence-corrected chi connectivity index (χ4v) is 1.49. The molecule has 0 amide bonds. The van der Waals surface area contributed by atoms with Crippen molar-refractivity contribution in [2.45, 2.75) is 19.4 Å². The number of rotatable bonds is 7. The number of hydrogen-bond donors (Lipinski definition) is 1. The van der Waals surface area contributed by atoms with Crippen LogP contribution in [0.2, 0.25) is 0 Å². The van der Waals surface area contributed by atoms with E-state index in [9.17, 15) is 0 Å². The van der Waals surface area contributed by atoms with Crippen molar-refractivity contribution in [2.75, 3.05) is 33.9 Å². The van der Waals surface area contributed by atoms with E-state index in [4.69, 9.17) is 15.2 Å². The summed E-state index contributed by atoms with van der Waals surface area (Å²) in [6.45, 7) is 6.30. The Morgan fingerprint density at radius 2 is 1.83 bits per heavy atom. The Labute approximate surface area is 110 Å². The first-order valence-corrected chi connectivity index (χ1v) is 6.18. The minimum absolute atomic E-state index is 0.00979. The SMILES string of the molecule is COc1ccccc1OCCN(C)C(C)(C)CN. The lowest BCUT2D eigenvalue weighted by atomic mass is 10.0. The van der Waals surface area contributed by atoms with Crippen LogP contribution in [-0.4, -0.2) is 44.3 Å². The second-order valence-corrected chi connectivity index (χ2v) is 4.94. The Kier molecular flexibility index (Phi) is 5.44. The minimum atomic E-state index is -0.00979. The van der Waals surface area contributed by atoms with Crippen LogP contribution < -0.4 is 15.2 Å². The van der Waals surface area contributed by atoms with Crippen LogP contribution in [0.1, 0.15) is 13.8 Å². The van der Waals surface area contributed by atoms with Gasteiger partial charge < -0.3 is 15.2 Å². The first-order valence-electron chi connectivity index (χ1n) is 6.18. The molecule has 0 heterocycles. The summed E-state index contributed by atoms with van der Waals surface area (Å²) < 4.78 is 11.0. The van der Waals surface area contributed by atoms with E-state index in [-0.39, 0.29) is 5.54 Å². The minimum Gasteiger partial charge on any atom is -0.493 e. The summed E-state index contributed by atoms with van der Waals surface area (Å²) in [5.41, 5.74) is 5.72. The van der Waals surface area contributed by atoms with Crippen molar-refractivity contribution in [3.8, 4) is 11.5 Å². The number of nitrogens with zero attached hydrogens (tertiary/aromatic N) is 1. The molecule has 0 aliphatic rings. The van der Waals surface area contributed by atoms with Gasteiger partial charge in [-0.3, -0.25) is 4.90 Å². The monoisotopic (exact) mass is 252 g/mol. The normalized spacial score (nSPS) is 11.7. The zero-order valence-corrected chi connectivity index (χ0v) is 11.8. The topological polar surface area (TPSA) is 47.7 Å². The van der Waals surface area contributed by atoms with Gasteiger partial charge in [0.2, 0.25) is 0 Å². The van der Waals surface area contributed by atoms with Gasteiger partial charge in [-0.25, -0.2) is 0 Å². The zero-order valence-electron chi connectivity index (χ0n) is 11.8. The van der Waals surface area contributed by atoms with Crippen molar-refractivity contribution >= 4 is 0 Å². The van der Waals surface area contributed by atoms with Gasteiger partial charge in [0.1, 0.15) is 6.61 Å². The molecule has 0 saturated heterocycles. The Hall–Kier alpha value is -1.26. The Morgan fingerprint density at radius 1 is 1.22 bits per heavy atom. The summed E-state index contributed by atoms with van der Waals surface area (Å²) in [5, 5.41) is 0. The number of ether oxygens (including phenoxy) is 2. The molecule has 0 spiro atoms. The van der Waals surface area contributed by atoms with Gasteiger partial charge in [0.05, 0.1) is 7.11 Å². The third-order valence-electron chi connectivity index (χ3n) is 3.29. The highest BCUT2D eigenvalue weighted by molar-refractivity contribution is 5.39. The molecule has 0 aromatic heterocycles. The number of para-hydroxylation sites is 2. The van der Waals surface area contributed by atoms with Gasteiger partial charge in [0, 0.05) is 18.6 Å². The van der Waals surface area contributed by atoms with Crippen LogP contribution in [0.5, 0.6) is 11.5 Å². The highest BCUT2D eigenvalue weighted by Crippen LogP contribution is 2.25. The lowest BCUT2D eigenvalue weighted by Gasteiger charge is -2.34. The highest BCUT2D eigenvalue weighted by Gasteiger charge is 2.21. The van der Waals surface area contributed by atoms with Crippen molar-refractivity contribution in [3.05, 3.63) is 24.3 Å². The van der Waals surface area contributed by atoms with Gasteiger partial charge in [-0.1, -0.05) is 12.1 Å². The zero-order chi connectivity index (χ0) is 13.6. The molecule has 1 rings (SSSR count). The van der Waals surface area contributed by atoms with Gasteiger partial charge in [0.25, 0.3) is 0 Å². The average Bonchev–Trinajstić information content (AvgIpc) is 2.39. The first-order chi connectivity index (χ1) is 8.51. The number of hydrogen-bond acceptors (Lipinski definition) is 4. The van der Waals surface area contributed by atoms with Crippen LogP contribution in [0.4, 0.5) is 0 Å². The van der Waals surface area contributed by atoms with E-state index in [1.807, 2.05) is 24.3 Å². The number of nitrogens with two attached hydrogens (primary N) is 1. The smallest absolute Gasteiger partial charge is 0.161 e. The average molecular weight is 252 g/mol. The van der Waals surface area contributed by atoms with Crippen molar-refractivity contribution in [2.24, 2.45) is 5.73 Å². The van der Waals surface area contributed by atoms with Crippen LogP contribution in [0.25, 0.3) is 0 Å². The van der Waals surface area contributed by atoms with E-state index in [1.54, 1.807) is 7.11 Å². The molecule has 0 unspecified atom stereocenters. The van der Waals surface area contributed by atoms with E-state index >= 15 is 0 Å². The maximum absolute atomic E-state index is 5.73. The van der Waals surface area contributed by atoms with Crippen molar-refractivity contribution < 1.29 is 9.47 Å². The summed E-state index contributed by atoms with van der Waals surface area (Å²) in [7, 11) is 3.70. The molecule has 4 heteroatoms. The summed E-state index contributed by atoms with van der Waals surface area (Å²) in [4.78, 5) is 2.20. The summed E-state index contributed by atoms with van der Waals surface area (Å²) >= 11 is 0. The molecule has 0 radical (unpaired) electrons. The largest absolute Gasteiger partial charge is 0.493 e. The second kappa shape index (κ2) is 6.61. The van der Waals surface area contributed by atoms with Gasteiger partial charge in [0.15, 0.2) is 11.5 Å². The van der Waals surface area contributed by atoms with E-state index in [0.29, 0.717) is 13.2 Å². The van der Waals surface area contributed by atoms with Crippen LogP contribution in [-0.2, 0) is 0 Å². The van der Waals surface area contributed by atoms with E-state index in [0.717, 1.165) is 18.0 Å². The Morgan fingerprint density at radius 3 is 2.39 bits per heavy atom. The third-order valence-corrected chi connectivity index (χ3v) is 3.29. The molecule has 1 aromatic rings. The van der Waals surface area contributed by atoms with Crippen LogP contribution >= 0.6 is 0 Å². The maximum Gasteiger partial charge on any atom is 0.161 e. The quantitative estimate of drug-likeness (QED) is 0.803. The molecule has 18 heavy (non-hydrogen) atoms. The van der Waals surface area contributed by atoms with Gasteiger partial charge in [-0.2, -0.15) is 0 Å². The highest BCUT2D eigenvalue weighted by atomic mass is 16.5. The molecule has 4 nitrogen and oxygen atoms in total. The van der Waals surface area contributed by atoms with Gasteiger partial charge >= 0.3 is 0 Å². The Bertz CT molecular complexity index is 367. The molecule has 102 valence electrons. The third kappa shape index (κ3) is 3.89. The molecule has 0 aliphatic carbocycles. The first kappa shape index (κ1) is 14.8. The maximum atomic E-state index is 5.73. The van der Waals surface area contributed by atoms with E-state index < -0.39 is 0 Å². The number of likely N-dealkylation sites (N-methyl/N-ethyl adjacent to an activating group) is 1.